The molecule has 168 valence electrons. The summed E-state index contributed by atoms with van der Waals surface area (Å²) in [5.41, 5.74) is 1.54. The van der Waals surface area contributed by atoms with Crippen molar-refractivity contribution in [3.05, 3.63) is 72.3 Å². The Bertz CT molecular complexity index is 1180. The van der Waals surface area contributed by atoms with Gasteiger partial charge in [-0.3, -0.25) is 14.5 Å². The standard InChI is InChI=1S/C23H21N5O5/c29-20(30)14-24-22(31)15-5-4-8-17(13-15)25-19-10-9-18-21(27-19)28(11-12-33-18)23(32)26-16-6-2-1-3-7-16/h1-10,13H,11-12,14H2,(H,24,31)(H,25,27)(H,26,32)(H,29,30). The Morgan fingerprint density at radius 1 is 1.00 bits per heavy atom. The SMILES string of the molecule is O=C(O)CNC(=O)c1cccc(Nc2ccc3c(n2)N(C(=O)Nc2ccccc2)CCO3)c1. The van der Waals surface area contributed by atoms with Crippen molar-refractivity contribution in [1.29, 1.82) is 0 Å². The maximum atomic E-state index is 12.8. The van der Waals surface area contributed by atoms with Gasteiger partial charge in [-0.2, -0.15) is 0 Å². The van der Waals surface area contributed by atoms with Crippen molar-refractivity contribution in [2.75, 3.05) is 35.2 Å². The van der Waals surface area contributed by atoms with E-state index in [1.54, 1.807) is 48.5 Å². The third-order valence-electron chi connectivity index (χ3n) is 4.73. The number of nitrogens with zero attached hydrogens (tertiary/aromatic N) is 2. The Morgan fingerprint density at radius 2 is 1.79 bits per heavy atom. The number of pyridine rings is 1. The summed E-state index contributed by atoms with van der Waals surface area (Å²) in [6.45, 7) is 0.211. The molecule has 2 heterocycles. The Morgan fingerprint density at radius 3 is 2.58 bits per heavy atom. The number of carboxylic acid groups (broad SMARTS) is 1. The van der Waals surface area contributed by atoms with Crippen LogP contribution >= 0.6 is 0 Å². The molecule has 3 amide bonds. The molecule has 0 unspecified atom stereocenters. The van der Waals surface area contributed by atoms with Crippen LogP contribution in [0.25, 0.3) is 0 Å². The van der Waals surface area contributed by atoms with Crippen LogP contribution in [0.15, 0.2) is 66.7 Å². The molecule has 1 aliphatic rings. The fourth-order valence-electron chi connectivity index (χ4n) is 3.22. The van der Waals surface area contributed by atoms with E-state index in [2.05, 4.69) is 20.9 Å². The van der Waals surface area contributed by atoms with Crippen LogP contribution < -0.4 is 25.6 Å². The highest BCUT2D eigenvalue weighted by molar-refractivity contribution is 6.02. The van der Waals surface area contributed by atoms with Gasteiger partial charge >= 0.3 is 12.0 Å². The molecule has 0 radical (unpaired) electrons. The summed E-state index contributed by atoms with van der Waals surface area (Å²) in [7, 11) is 0. The minimum Gasteiger partial charge on any atom is -0.488 e. The Labute approximate surface area is 189 Å². The number of carboxylic acids is 1. The van der Waals surface area contributed by atoms with E-state index in [-0.39, 0.29) is 6.03 Å². The summed E-state index contributed by atoms with van der Waals surface area (Å²) in [4.78, 5) is 41.7. The first kappa shape index (κ1) is 21.6. The van der Waals surface area contributed by atoms with Gasteiger partial charge in [0.25, 0.3) is 5.91 Å². The Balaban J connectivity index is 1.51. The lowest BCUT2D eigenvalue weighted by Gasteiger charge is -2.28. The lowest BCUT2D eigenvalue weighted by atomic mass is 10.2. The molecule has 0 bridgehead atoms. The number of ether oxygens (including phenoxy) is 1. The van der Waals surface area contributed by atoms with Crippen LogP contribution in [0.5, 0.6) is 5.75 Å². The van der Waals surface area contributed by atoms with E-state index in [9.17, 15) is 14.4 Å². The lowest BCUT2D eigenvalue weighted by Crippen LogP contribution is -2.41. The minimum atomic E-state index is -1.13. The highest BCUT2D eigenvalue weighted by Gasteiger charge is 2.26. The summed E-state index contributed by atoms with van der Waals surface area (Å²) in [5.74, 6) is -0.331. The average molecular weight is 447 g/mol. The van der Waals surface area contributed by atoms with Gasteiger partial charge in [-0.1, -0.05) is 24.3 Å². The van der Waals surface area contributed by atoms with Crippen molar-refractivity contribution in [3.8, 4) is 5.75 Å². The second-order valence-electron chi connectivity index (χ2n) is 7.10. The van der Waals surface area contributed by atoms with Gasteiger partial charge in [-0.05, 0) is 42.5 Å². The topological polar surface area (TPSA) is 133 Å². The summed E-state index contributed by atoms with van der Waals surface area (Å²) >= 11 is 0. The number of carbonyl (C=O) groups excluding carboxylic acids is 2. The number of aliphatic carboxylic acids is 1. The average Bonchev–Trinajstić information content (AvgIpc) is 2.83. The summed E-state index contributed by atoms with van der Waals surface area (Å²) < 4.78 is 5.64. The van der Waals surface area contributed by atoms with E-state index in [4.69, 9.17) is 9.84 Å². The van der Waals surface area contributed by atoms with Crippen LogP contribution in [-0.2, 0) is 4.79 Å². The number of nitrogens with one attached hydrogen (secondary N) is 3. The number of carbonyl (C=O) groups is 3. The number of hydrogen-bond donors (Lipinski definition) is 4. The van der Waals surface area contributed by atoms with E-state index in [1.165, 1.54) is 4.90 Å². The monoisotopic (exact) mass is 447 g/mol. The van der Waals surface area contributed by atoms with Crippen LogP contribution in [0.2, 0.25) is 0 Å². The highest BCUT2D eigenvalue weighted by Crippen LogP contribution is 2.32. The molecule has 0 saturated carbocycles. The first-order valence-corrected chi connectivity index (χ1v) is 10.1. The van der Waals surface area contributed by atoms with Crippen LogP contribution in [0.1, 0.15) is 10.4 Å². The van der Waals surface area contributed by atoms with Gasteiger partial charge < -0.3 is 25.8 Å². The second-order valence-corrected chi connectivity index (χ2v) is 7.10. The third-order valence-corrected chi connectivity index (χ3v) is 4.73. The quantitative estimate of drug-likeness (QED) is 0.456. The molecule has 4 N–H and O–H groups in total. The molecular formula is C23H21N5O5. The molecule has 0 spiro atoms. The first-order chi connectivity index (χ1) is 16.0. The number of para-hydroxylation sites is 1. The van der Waals surface area contributed by atoms with Crippen LogP contribution in [0, 0.1) is 0 Å². The molecule has 3 aromatic rings. The molecule has 0 aliphatic carbocycles. The van der Waals surface area contributed by atoms with Crippen molar-refractivity contribution >= 4 is 40.9 Å². The van der Waals surface area contributed by atoms with Gasteiger partial charge in [0.05, 0.1) is 6.54 Å². The van der Waals surface area contributed by atoms with E-state index in [0.29, 0.717) is 47.5 Å². The van der Waals surface area contributed by atoms with Crippen molar-refractivity contribution in [2.45, 2.75) is 0 Å². The van der Waals surface area contributed by atoms with Crippen molar-refractivity contribution in [3.63, 3.8) is 0 Å². The smallest absolute Gasteiger partial charge is 0.327 e. The van der Waals surface area contributed by atoms with E-state index >= 15 is 0 Å². The number of urea groups is 1. The molecule has 4 rings (SSSR count). The number of rotatable bonds is 6. The zero-order chi connectivity index (χ0) is 23.2. The molecule has 0 saturated heterocycles. The fourth-order valence-corrected chi connectivity index (χ4v) is 3.22. The molecule has 0 atom stereocenters. The van der Waals surface area contributed by atoms with E-state index < -0.39 is 18.4 Å². The zero-order valence-electron chi connectivity index (χ0n) is 17.4. The fraction of sp³-hybridized carbons (Fsp3) is 0.130. The zero-order valence-corrected chi connectivity index (χ0v) is 17.4. The molecule has 2 aromatic carbocycles. The first-order valence-electron chi connectivity index (χ1n) is 10.1. The number of hydrogen-bond acceptors (Lipinski definition) is 6. The number of amides is 3. The molecule has 33 heavy (non-hydrogen) atoms. The van der Waals surface area contributed by atoms with Crippen molar-refractivity contribution in [1.82, 2.24) is 10.3 Å². The molecule has 0 fully saturated rings. The largest absolute Gasteiger partial charge is 0.488 e. The summed E-state index contributed by atoms with van der Waals surface area (Å²) in [5, 5.41) is 17.0. The third kappa shape index (κ3) is 5.37. The normalized spacial score (nSPS) is 12.2. The molecule has 1 aliphatic heterocycles. The number of fused-ring (bicyclic) bond motifs is 1. The molecular weight excluding hydrogens is 426 g/mol. The van der Waals surface area contributed by atoms with Gasteiger partial charge in [0, 0.05) is 16.9 Å². The number of benzene rings is 2. The van der Waals surface area contributed by atoms with Crippen LogP contribution in [0.4, 0.5) is 27.8 Å². The van der Waals surface area contributed by atoms with E-state index in [0.717, 1.165) is 0 Å². The van der Waals surface area contributed by atoms with Gasteiger partial charge in [-0.25, -0.2) is 9.78 Å². The highest BCUT2D eigenvalue weighted by atomic mass is 16.5. The predicted octanol–water partition coefficient (Wildman–Crippen LogP) is 3.07. The van der Waals surface area contributed by atoms with Gasteiger partial charge in [0.2, 0.25) is 0 Å². The van der Waals surface area contributed by atoms with Gasteiger partial charge in [0.1, 0.15) is 19.0 Å². The summed E-state index contributed by atoms with van der Waals surface area (Å²) in [6, 6.07) is 18.8. The van der Waals surface area contributed by atoms with Crippen molar-refractivity contribution in [2.24, 2.45) is 0 Å². The van der Waals surface area contributed by atoms with Crippen LogP contribution in [0.3, 0.4) is 0 Å². The van der Waals surface area contributed by atoms with Gasteiger partial charge in [-0.15, -0.1) is 0 Å². The number of aromatic nitrogens is 1. The predicted molar refractivity (Wildman–Crippen MR) is 122 cm³/mol. The summed E-state index contributed by atoms with van der Waals surface area (Å²) in [6.07, 6.45) is 0. The second kappa shape index (κ2) is 9.69. The Kier molecular flexibility index (Phi) is 6.35. The molecule has 1 aromatic heterocycles. The minimum absolute atomic E-state index is 0.298. The lowest BCUT2D eigenvalue weighted by molar-refractivity contribution is -0.135. The van der Waals surface area contributed by atoms with Gasteiger partial charge in [0.15, 0.2) is 11.6 Å². The van der Waals surface area contributed by atoms with Crippen molar-refractivity contribution < 1.29 is 24.2 Å². The van der Waals surface area contributed by atoms with E-state index in [1.807, 2.05) is 18.2 Å². The molecule has 10 nitrogen and oxygen atoms in total. The Hall–Kier alpha value is -4.60. The van der Waals surface area contributed by atoms with Crippen LogP contribution in [-0.4, -0.2) is 47.7 Å². The number of anilines is 4. The maximum absolute atomic E-state index is 12.8. The maximum Gasteiger partial charge on any atom is 0.327 e. The molecule has 10 heteroatoms.